The molecule has 0 saturated carbocycles. The minimum absolute atomic E-state index is 0.00805. The van der Waals surface area contributed by atoms with Gasteiger partial charge in [0.05, 0.1) is 5.69 Å². The number of rotatable bonds is 7. The predicted octanol–water partition coefficient (Wildman–Crippen LogP) is 6.93. The summed E-state index contributed by atoms with van der Waals surface area (Å²) in [5, 5.41) is 8.13. The molecule has 0 radical (unpaired) electrons. The van der Waals surface area contributed by atoms with Gasteiger partial charge in [0, 0.05) is 34.5 Å². The molecular formula is C25H30F4N4S. The zero-order chi connectivity index (χ0) is 25.3. The third-order valence-corrected chi connectivity index (χ3v) is 6.45. The van der Waals surface area contributed by atoms with Gasteiger partial charge in [-0.2, -0.15) is 13.2 Å². The number of hydrogen-bond acceptors (Lipinski definition) is 5. The average Bonchev–Trinajstić information content (AvgIpc) is 3.12. The van der Waals surface area contributed by atoms with Crippen LogP contribution in [0.1, 0.15) is 57.7 Å². The Morgan fingerprint density at radius 3 is 2.50 bits per heavy atom. The minimum atomic E-state index is -4.50. The third-order valence-electron chi connectivity index (χ3n) is 5.59. The van der Waals surface area contributed by atoms with Crippen molar-refractivity contribution in [1.82, 2.24) is 15.6 Å². The molecule has 2 N–H and O–H groups in total. The number of thiazole rings is 1. The fourth-order valence-corrected chi connectivity index (χ4v) is 4.43. The zero-order valence-electron chi connectivity index (χ0n) is 19.9. The maximum Gasteiger partial charge on any atom is 0.413 e. The van der Waals surface area contributed by atoms with E-state index in [0.29, 0.717) is 35.8 Å². The highest BCUT2D eigenvalue weighted by molar-refractivity contribution is 7.10. The van der Waals surface area contributed by atoms with E-state index in [2.05, 4.69) is 33.8 Å². The molecule has 0 amide bonds. The summed E-state index contributed by atoms with van der Waals surface area (Å²) in [5.41, 5.74) is 0.365. The van der Waals surface area contributed by atoms with Gasteiger partial charge in [-0.3, -0.25) is 0 Å². The molecule has 4 nitrogen and oxygen atoms in total. The fraction of sp³-hybridized carbons (Fsp3) is 0.440. The summed E-state index contributed by atoms with van der Waals surface area (Å²) >= 11 is 1.19. The van der Waals surface area contributed by atoms with Gasteiger partial charge in [0.2, 0.25) is 0 Å². The first kappa shape index (κ1) is 25.9. The first-order chi connectivity index (χ1) is 15.8. The van der Waals surface area contributed by atoms with Crippen molar-refractivity contribution >= 4 is 22.9 Å². The van der Waals surface area contributed by atoms with E-state index in [1.165, 1.54) is 25.2 Å². The number of aliphatic imine (C=N–C) groups is 1. The molecule has 184 valence electrons. The summed E-state index contributed by atoms with van der Waals surface area (Å²) in [5.74, 6) is 0.276. The summed E-state index contributed by atoms with van der Waals surface area (Å²) < 4.78 is 56.4. The topological polar surface area (TPSA) is 49.3 Å². The molecule has 34 heavy (non-hydrogen) atoms. The predicted molar refractivity (Wildman–Crippen MR) is 131 cm³/mol. The molecule has 3 rings (SSSR count). The molecule has 2 heterocycles. The van der Waals surface area contributed by atoms with Crippen LogP contribution in [0.15, 0.2) is 63.8 Å². The Morgan fingerprint density at radius 1 is 1.21 bits per heavy atom. The van der Waals surface area contributed by atoms with Gasteiger partial charge in [-0.15, -0.1) is 11.3 Å². The van der Waals surface area contributed by atoms with Crippen LogP contribution in [0, 0.1) is 5.92 Å². The van der Waals surface area contributed by atoms with Gasteiger partial charge in [0.25, 0.3) is 0 Å². The Kier molecular flexibility index (Phi) is 7.55. The number of nitrogens with zero attached hydrogens (tertiary/aromatic N) is 2. The van der Waals surface area contributed by atoms with Crippen LogP contribution in [0.25, 0.3) is 5.70 Å². The lowest BCUT2D eigenvalue weighted by atomic mass is 10.0. The summed E-state index contributed by atoms with van der Waals surface area (Å²) in [4.78, 5) is 8.79. The van der Waals surface area contributed by atoms with E-state index in [4.69, 9.17) is 0 Å². The highest BCUT2D eigenvalue weighted by Crippen LogP contribution is 2.37. The molecule has 0 fully saturated rings. The standard InChI is InChI=1S/C25H30F4N4S/c1-14(2)16(4)30-12-17-8-7-9-19(25(27,28)29)18(11-17)22-31-15(3)10-20(32-22)23-33-21(13-34-23)24(5,6)26/h10-11,13-14,30H,3-4,7-9,12H2,1-2,5-6H3,(H,31,32). The Balaban J connectivity index is 2.03. The molecule has 1 aromatic heterocycles. The molecule has 0 bridgehead atoms. The van der Waals surface area contributed by atoms with Gasteiger partial charge in [-0.1, -0.05) is 38.7 Å². The number of alkyl halides is 4. The Morgan fingerprint density at radius 2 is 1.91 bits per heavy atom. The van der Waals surface area contributed by atoms with E-state index in [1.54, 1.807) is 17.5 Å². The van der Waals surface area contributed by atoms with Crippen molar-refractivity contribution in [2.24, 2.45) is 10.9 Å². The first-order valence-corrected chi connectivity index (χ1v) is 12.0. The van der Waals surface area contributed by atoms with Crippen molar-refractivity contribution in [2.75, 3.05) is 6.54 Å². The van der Waals surface area contributed by atoms with Crippen LogP contribution in [0.5, 0.6) is 0 Å². The SMILES string of the molecule is C=C1C=C(c2nc(C(C)(C)F)cs2)N=C(C2=C(C(F)(F)F)CCCC(CNC(=C)C(C)C)=C2)N1. The normalized spacial score (nSPS) is 17.7. The zero-order valence-corrected chi connectivity index (χ0v) is 20.7. The van der Waals surface area contributed by atoms with Gasteiger partial charge in [-0.05, 0) is 45.1 Å². The van der Waals surface area contributed by atoms with Gasteiger partial charge in [0.15, 0.2) is 0 Å². The van der Waals surface area contributed by atoms with Crippen molar-refractivity contribution in [3.05, 3.63) is 69.5 Å². The number of allylic oxidation sites excluding steroid dienone is 3. The van der Waals surface area contributed by atoms with Crippen LogP contribution < -0.4 is 10.6 Å². The summed E-state index contributed by atoms with van der Waals surface area (Å²) in [7, 11) is 0. The molecule has 1 aliphatic carbocycles. The van der Waals surface area contributed by atoms with Gasteiger partial charge in [-0.25, -0.2) is 14.4 Å². The molecular weight excluding hydrogens is 464 g/mol. The molecule has 0 aromatic carbocycles. The van der Waals surface area contributed by atoms with E-state index in [9.17, 15) is 17.6 Å². The van der Waals surface area contributed by atoms with E-state index >= 15 is 0 Å². The van der Waals surface area contributed by atoms with Crippen molar-refractivity contribution in [3.63, 3.8) is 0 Å². The van der Waals surface area contributed by atoms with Gasteiger partial charge < -0.3 is 10.6 Å². The monoisotopic (exact) mass is 494 g/mol. The third kappa shape index (κ3) is 6.25. The largest absolute Gasteiger partial charge is 0.413 e. The second-order valence-electron chi connectivity index (χ2n) is 9.23. The lowest BCUT2D eigenvalue weighted by Crippen LogP contribution is -2.29. The second-order valence-corrected chi connectivity index (χ2v) is 10.1. The van der Waals surface area contributed by atoms with E-state index in [1.807, 2.05) is 13.8 Å². The fourth-order valence-electron chi connectivity index (χ4n) is 3.50. The smallest absolute Gasteiger partial charge is 0.385 e. The van der Waals surface area contributed by atoms with Crippen molar-refractivity contribution in [3.8, 4) is 0 Å². The molecule has 1 aromatic rings. The van der Waals surface area contributed by atoms with Crippen molar-refractivity contribution < 1.29 is 17.6 Å². The molecule has 0 spiro atoms. The van der Waals surface area contributed by atoms with Crippen molar-refractivity contribution in [2.45, 2.75) is 58.8 Å². The highest BCUT2D eigenvalue weighted by atomic mass is 32.1. The first-order valence-electron chi connectivity index (χ1n) is 11.1. The van der Waals surface area contributed by atoms with E-state index in [0.717, 1.165) is 11.3 Å². The minimum Gasteiger partial charge on any atom is -0.385 e. The maximum atomic E-state index is 14.3. The molecule has 9 heteroatoms. The maximum absolute atomic E-state index is 14.3. The summed E-state index contributed by atoms with van der Waals surface area (Å²) in [6.45, 7) is 15.1. The van der Waals surface area contributed by atoms with Crippen LogP contribution in [0.4, 0.5) is 17.6 Å². The summed E-state index contributed by atoms with van der Waals surface area (Å²) in [6, 6.07) is 0. The number of nitrogens with one attached hydrogen (secondary N) is 2. The van der Waals surface area contributed by atoms with Crippen LogP contribution in [-0.2, 0) is 5.67 Å². The lowest BCUT2D eigenvalue weighted by Gasteiger charge is -2.21. The van der Waals surface area contributed by atoms with Crippen LogP contribution in [0.2, 0.25) is 0 Å². The molecule has 0 atom stereocenters. The Bertz CT molecular complexity index is 1090. The Labute approximate surface area is 202 Å². The molecule has 1 aliphatic heterocycles. The molecule has 0 unspecified atom stereocenters. The van der Waals surface area contributed by atoms with Gasteiger partial charge in [0.1, 0.15) is 22.2 Å². The molecule has 0 saturated heterocycles. The van der Waals surface area contributed by atoms with E-state index < -0.39 is 17.4 Å². The molecule has 2 aliphatic rings. The number of amidine groups is 1. The number of halogens is 4. The van der Waals surface area contributed by atoms with Gasteiger partial charge >= 0.3 is 6.18 Å². The van der Waals surface area contributed by atoms with Crippen LogP contribution in [0.3, 0.4) is 0 Å². The summed E-state index contributed by atoms with van der Waals surface area (Å²) in [6.07, 6.45) is -0.557. The average molecular weight is 495 g/mol. The highest BCUT2D eigenvalue weighted by Gasteiger charge is 2.38. The van der Waals surface area contributed by atoms with Crippen LogP contribution in [-0.4, -0.2) is 23.5 Å². The quantitative estimate of drug-likeness (QED) is 0.404. The second kappa shape index (κ2) is 9.90. The number of hydrogen-bond donors (Lipinski definition) is 2. The lowest BCUT2D eigenvalue weighted by molar-refractivity contribution is -0.0944. The number of aromatic nitrogens is 1. The van der Waals surface area contributed by atoms with Crippen LogP contribution >= 0.6 is 11.3 Å². The van der Waals surface area contributed by atoms with Crippen molar-refractivity contribution in [1.29, 1.82) is 0 Å². The van der Waals surface area contributed by atoms with E-state index in [-0.39, 0.29) is 29.4 Å². The Hall–Kier alpha value is -2.68.